The molecule has 4 nitrogen and oxygen atoms in total. The molecule has 0 aliphatic heterocycles. The molecule has 0 aliphatic rings. The van der Waals surface area contributed by atoms with Crippen LogP contribution in [0.2, 0.25) is 0 Å². The van der Waals surface area contributed by atoms with E-state index in [-0.39, 0.29) is 11.4 Å². The number of amides is 1. The third-order valence-electron chi connectivity index (χ3n) is 1.93. The van der Waals surface area contributed by atoms with Crippen LogP contribution in [0.15, 0.2) is 6.07 Å². The summed E-state index contributed by atoms with van der Waals surface area (Å²) in [5.74, 6) is -0.795. The van der Waals surface area contributed by atoms with Crippen LogP contribution < -0.4 is 10.5 Å². The Morgan fingerprint density at radius 2 is 2.20 bits per heavy atom. The van der Waals surface area contributed by atoms with Gasteiger partial charge in [0.15, 0.2) is 0 Å². The van der Waals surface area contributed by atoms with Crippen LogP contribution in [-0.4, -0.2) is 18.0 Å². The predicted octanol–water partition coefficient (Wildman–Crippen LogP) is 1.44. The molecule has 1 aromatic rings. The van der Waals surface area contributed by atoms with E-state index in [0.29, 0.717) is 5.56 Å². The molecule has 1 amide bonds. The van der Waals surface area contributed by atoms with Crippen molar-refractivity contribution in [1.29, 1.82) is 0 Å². The van der Waals surface area contributed by atoms with Crippen LogP contribution in [0.1, 0.15) is 28.0 Å². The molecule has 0 aromatic carbocycles. The number of alkyl halides is 2. The summed E-state index contributed by atoms with van der Waals surface area (Å²) in [6.07, 6.45) is -2.77. The Hall–Kier alpha value is -1.72. The van der Waals surface area contributed by atoms with Crippen molar-refractivity contribution in [2.75, 3.05) is 7.11 Å². The van der Waals surface area contributed by atoms with E-state index in [1.165, 1.54) is 14.0 Å². The molecule has 1 rings (SSSR count). The number of pyridine rings is 1. The zero-order valence-corrected chi connectivity index (χ0v) is 8.25. The van der Waals surface area contributed by atoms with Crippen LogP contribution in [0, 0.1) is 6.92 Å². The summed E-state index contributed by atoms with van der Waals surface area (Å²) < 4.78 is 29.6. The maximum absolute atomic E-state index is 12.4. The quantitative estimate of drug-likeness (QED) is 0.831. The number of rotatable bonds is 3. The largest absolute Gasteiger partial charge is 0.481 e. The van der Waals surface area contributed by atoms with Gasteiger partial charge in [-0.25, -0.2) is 13.8 Å². The summed E-state index contributed by atoms with van der Waals surface area (Å²) in [5, 5.41) is 0. The number of hydrogen-bond acceptors (Lipinski definition) is 3. The monoisotopic (exact) mass is 216 g/mol. The SMILES string of the molecule is COc1nc(C(F)F)cc(C(N)=O)c1C. The molecule has 0 radical (unpaired) electrons. The Kier molecular flexibility index (Phi) is 3.18. The van der Waals surface area contributed by atoms with Crippen molar-refractivity contribution in [1.82, 2.24) is 4.98 Å². The van der Waals surface area contributed by atoms with Crippen molar-refractivity contribution in [2.24, 2.45) is 5.73 Å². The van der Waals surface area contributed by atoms with Crippen LogP contribution in [0.3, 0.4) is 0 Å². The number of primary amides is 1. The van der Waals surface area contributed by atoms with Gasteiger partial charge in [-0.05, 0) is 13.0 Å². The van der Waals surface area contributed by atoms with Crippen molar-refractivity contribution in [3.8, 4) is 5.88 Å². The third-order valence-corrected chi connectivity index (χ3v) is 1.93. The normalized spacial score (nSPS) is 10.5. The molecule has 0 saturated heterocycles. The summed E-state index contributed by atoms with van der Waals surface area (Å²) in [7, 11) is 1.29. The van der Waals surface area contributed by atoms with Gasteiger partial charge in [-0.2, -0.15) is 0 Å². The third kappa shape index (κ3) is 2.20. The molecule has 2 N–H and O–H groups in total. The summed E-state index contributed by atoms with van der Waals surface area (Å²) >= 11 is 0. The predicted molar refractivity (Wildman–Crippen MR) is 49.0 cm³/mol. The maximum atomic E-state index is 12.4. The highest BCUT2D eigenvalue weighted by Crippen LogP contribution is 2.25. The Balaban J connectivity index is 3.38. The van der Waals surface area contributed by atoms with Crippen LogP contribution in [0.25, 0.3) is 0 Å². The first-order chi connectivity index (χ1) is 6.97. The lowest BCUT2D eigenvalue weighted by Crippen LogP contribution is -2.15. The van der Waals surface area contributed by atoms with E-state index >= 15 is 0 Å². The van der Waals surface area contributed by atoms with Gasteiger partial charge in [0.05, 0.1) is 7.11 Å². The molecule has 0 spiro atoms. The summed E-state index contributed by atoms with van der Waals surface area (Å²) in [6, 6.07) is 0.977. The van der Waals surface area contributed by atoms with Gasteiger partial charge in [0.25, 0.3) is 6.43 Å². The molecule has 0 unspecified atom stereocenters. The van der Waals surface area contributed by atoms with Crippen LogP contribution >= 0.6 is 0 Å². The highest BCUT2D eigenvalue weighted by atomic mass is 19.3. The molecule has 0 aliphatic carbocycles. The first-order valence-electron chi connectivity index (χ1n) is 4.10. The number of nitrogens with two attached hydrogens (primary N) is 1. The topological polar surface area (TPSA) is 65.2 Å². The standard InChI is InChI=1S/C9H10F2N2O2/c1-4-5(8(12)14)3-6(7(10)11)13-9(4)15-2/h3,7H,1-2H3,(H2,12,14). The summed E-state index contributed by atoms with van der Waals surface area (Å²) in [4.78, 5) is 14.5. The number of aromatic nitrogens is 1. The van der Waals surface area contributed by atoms with Gasteiger partial charge in [-0.15, -0.1) is 0 Å². The first-order valence-corrected chi connectivity index (χ1v) is 4.10. The van der Waals surface area contributed by atoms with Gasteiger partial charge in [-0.1, -0.05) is 0 Å². The van der Waals surface area contributed by atoms with E-state index in [1.807, 2.05) is 0 Å². The van der Waals surface area contributed by atoms with Crippen LogP contribution in [0.4, 0.5) is 8.78 Å². The lowest BCUT2D eigenvalue weighted by Gasteiger charge is -2.09. The molecule has 15 heavy (non-hydrogen) atoms. The molecular weight excluding hydrogens is 206 g/mol. The Morgan fingerprint density at radius 1 is 1.60 bits per heavy atom. The van der Waals surface area contributed by atoms with E-state index in [0.717, 1.165) is 6.07 Å². The molecular formula is C9H10F2N2O2. The van der Waals surface area contributed by atoms with E-state index < -0.39 is 18.0 Å². The molecule has 0 fully saturated rings. The lowest BCUT2D eigenvalue weighted by atomic mass is 10.1. The fraction of sp³-hybridized carbons (Fsp3) is 0.333. The zero-order valence-electron chi connectivity index (χ0n) is 8.25. The van der Waals surface area contributed by atoms with E-state index in [1.54, 1.807) is 0 Å². The number of carbonyl (C=O) groups excluding carboxylic acids is 1. The van der Waals surface area contributed by atoms with Gasteiger partial charge >= 0.3 is 0 Å². The van der Waals surface area contributed by atoms with Gasteiger partial charge in [0.2, 0.25) is 11.8 Å². The highest BCUT2D eigenvalue weighted by Gasteiger charge is 2.18. The second-order valence-electron chi connectivity index (χ2n) is 2.89. The highest BCUT2D eigenvalue weighted by molar-refractivity contribution is 5.94. The number of halogens is 2. The molecule has 82 valence electrons. The van der Waals surface area contributed by atoms with Gasteiger partial charge < -0.3 is 10.5 Å². The number of methoxy groups -OCH3 is 1. The van der Waals surface area contributed by atoms with Crippen molar-refractivity contribution in [3.63, 3.8) is 0 Å². The number of nitrogens with zero attached hydrogens (tertiary/aromatic N) is 1. The van der Waals surface area contributed by atoms with Crippen molar-refractivity contribution >= 4 is 5.91 Å². The smallest absolute Gasteiger partial charge is 0.280 e. The molecule has 1 heterocycles. The summed E-state index contributed by atoms with van der Waals surface area (Å²) in [5.41, 5.74) is 4.87. The van der Waals surface area contributed by atoms with Crippen molar-refractivity contribution in [3.05, 3.63) is 22.9 Å². The van der Waals surface area contributed by atoms with E-state index in [2.05, 4.69) is 4.98 Å². The number of ether oxygens (including phenoxy) is 1. The molecule has 0 bridgehead atoms. The minimum atomic E-state index is -2.77. The lowest BCUT2D eigenvalue weighted by molar-refractivity contribution is 0.0998. The molecule has 6 heteroatoms. The maximum Gasteiger partial charge on any atom is 0.280 e. The first kappa shape index (κ1) is 11.4. The second kappa shape index (κ2) is 4.20. The van der Waals surface area contributed by atoms with E-state index in [9.17, 15) is 13.6 Å². The van der Waals surface area contributed by atoms with Gasteiger partial charge in [0, 0.05) is 11.1 Å². The average Bonchev–Trinajstić information content (AvgIpc) is 2.17. The Morgan fingerprint density at radius 3 is 2.60 bits per heavy atom. The number of hydrogen-bond donors (Lipinski definition) is 1. The fourth-order valence-electron chi connectivity index (χ4n) is 1.17. The molecule has 0 saturated carbocycles. The Bertz CT molecular complexity index is 394. The average molecular weight is 216 g/mol. The minimum absolute atomic E-state index is 0.00264. The van der Waals surface area contributed by atoms with Crippen molar-refractivity contribution in [2.45, 2.75) is 13.3 Å². The second-order valence-corrected chi connectivity index (χ2v) is 2.89. The van der Waals surface area contributed by atoms with Gasteiger partial charge in [-0.3, -0.25) is 4.79 Å². The fourth-order valence-corrected chi connectivity index (χ4v) is 1.17. The Labute approximate surface area is 85.1 Å². The van der Waals surface area contributed by atoms with Crippen LogP contribution in [-0.2, 0) is 0 Å². The zero-order chi connectivity index (χ0) is 11.6. The van der Waals surface area contributed by atoms with Crippen LogP contribution in [0.5, 0.6) is 5.88 Å². The molecule has 0 atom stereocenters. The van der Waals surface area contributed by atoms with Crippen molar-refractivity contribution < 1.29 is 18.3 Å². The molecule has 1 aromatic heterocycles. The van der Waals surface area contributed by atoms with E-state index in [4.69, 9.17) is 10.5 Å². The number of carbonyl (C=O) groups is 1. The minimum Gasteiger partial charge on any atom is -0.481 e. The van der Waals surface area contributed by atoms with Gasteiger partial charge in [0.1, 0.15) is 5.69 Å². The summed E-state index contributed by atoms with van der Waals surface area (Å²) in [6.45, 7) is 1.53.